The van der Waals surface area contributed by atoms with Gasteiger partial charge in [0, 0.05) is 18.7 Å². The predicted octanol–water partition coefficient (Wildman–Crippen LogP) is 3.27. The molecule has 0 bridgehead atoms. The molecule has 1 aliphatic heterocycles. The van der Waals surface area contributed by atoms with Crippen LogP contribution in [0, 0.1) is 0 Å². The van der Waals surface area contributed by atoms with E-state index in [0.29, 0.717) is 31.5 Å². The Balaban J connectivity index is 1.52. The summed E-state index contributed by atoms with van der Waals surface area (Å²) in [7, 11) is -2.04. The van der Waals surface area contributed by atoms with Gasteiger partial charge in [-0.05, 0) is 71.5 Å². The maximum atomic E-state index is 13.3. The van der Waals surface area contributed by atoms with Crippen LogP contribution in [0.4, 0.5) is 0 Å². The summed E-state index contributed by atoms with van der Waals surface area (Å²) in [5, 5.41) is 8.85. The first-order valence-electron chi connectivity index (χ1n) is 10.2. The summed E-state index contributed by atoms with van der Waals surface area (Å²) >= 11 is 0. The van der Waals surface area contributed by atoms with Gasteiger partial charge < -0.3 is 4.74 Å². The standard InChI is InChI=1S/C24H24N2O5S/c1-31-22-8-4-17(5-9-22)18-6-10-23(11-7-18)32(29,30)26-14-12-19-2-3-21(24(27)25-28)16-20(19)13-15-26/h2-11,16,28H,12-15H2,1H3,(H,25,27). The maximum Gasteiger partial charge on any atom is 0.274 e. The highest BCUT2D eigenvalue weighted by molar-refractivity contribution is 7.89. The van der Waals surface area contributed by atoms with Crippen LogP contribution in [0.3, 0.4) is 0 Å². The van der Waals surface area contributed by atoms with Crippen molar-refractivity contribution in [3.8, 4) is 16.9 Å². The Morgan fingerprint density at radius 2 is 1.50 bits per heavy atom. The van der Waals surface area contributed by atoms with Gasteiger partial charge in [0.05, 0.1) is 12.0 Å². The number of nitrogens with zero attached hydrogens (tertiary/aromatic N) is 1. The molecule has 1 amide bonds. The van der Waals surface area contributed by atoms with E-state index in [1.165, 1.54) is 4.31 Å². The lowest BCUT2D eigenvalue weighted by atomic mass is 10.00. The third-order valence-corrected chi connectivity index (χ3v) is 7.66. The van der Waals surface area contributed by atoms with E-state index >= 15 is 0 Å². The third kappa shape index (κ3) is 4.38. The Morgan fingerprint density at radius 3 is 2.09 bits per heavy atom. The molecule has 0 spiro atoms. The summed E-state index contributed by atoms with van der Waals surface area (Å²) in [5.41, 5.74) is 5.79. The molecule has 0 fully saturated rings. The SMILES string of the molecule is COc1ccc(-c2ccc(S(=O)(=O)N3CCc4ccc(C(=O)NO)cc4CC3)cc2)cc1. The molecule has 1 heterocycles. The van der Waals surface area contributed by atoms with Crippen molar-refractivity contribution >= 4 is 15.9 Å². The van der Waals surface area contributed by atoms with Gasteiger partial charge in [-0.2, -0.15) is 4.31 Å². The highest BCUT2D eigenvalue weighted by atomic mass is 32.2. The first-order valence-corrected chi connectivity index (χ1v) is 11.7. The molecule has 0 aliphatic carbocycles. The van der Waals surface area contributed by atoms with Crippen molar-refractivity contribution in [2.24, 2.45) is 0 Å². The van der Waals surface area contributed by atoms with Gasteiger partial charge >= 0.3 is 0 Å². The third-order valence-electron chi connectivity index (χ3n) is 5.75. The molecular weight excluding hydrogens is 428 g/mol. The average Bonchev–Trinajstić information content (AvgIpc) is 3.06. The highest BCUT2D eigenvalue weighted by Gasteiger charge is 2.27. The Hall–Kier alpha value is -3.20. The van der Waals surface area contributed by atoms with E-state index in [2.05, 4.69) is 0 Å². The van der Waals surface area contributed by atoms with Crippen LogP contribution in [-0.2, 0) is 22.9 Å². The number of hydroxylamine groups is 1. The van der Waals surface area contributed by atoms with Crippen molar-refractivity contribution in [2.45, 2.75) is 17.7 Å². The molecule has 0 aromatic heterocycles. The smallest absolute Gasteiger partial charge is 0.274 e. The number of amides is 1. The monoisotopic (exact) mass is 452 g/mol. The molecule has 166 valence electrons. The lowest BCUT2D eigenvalue weighted by Crippen LogP contribution is -2.33. The second-order valence-corrected chi connectivity index (χ2v) is 9.52. The number of hydrogen-bond donors (Lipinski definition) is 2. The van der Waals surface area contributed by atoms with Gasteiger partial charge in [-0.1, -0.05) is 30.3 Å². The minimum Gasteiger partial charge on any atom is -0.497 e. The van der Waals surface area contributed by atoms with E-state index in [-0.39, 0.29) is 4.90 Å². The molecule has 0 atom stereocenters. The minimum absolute atomic E-state index is 0.251. The lowest BCUT2D eigenvalue weighted by Gasteiger charge is -2.20. The molecular formula is C24H24N2O5S. The van der Waals surface area contributed by atoms with E-state index in [1.54, 1.807) is 49.0 Å². The summed E-state index contributed by atoms with van der Waals surface area (Å²) in [6, 6.07) is 19.6. The molecule has 3 aromatic carbocycles. The molecule has 8 heteroatoms. The van der Waals surface area contributed by atoms with E-state index < -0.39 is 15.9 Å². The number of hydrogen-bond acceptors (Lipinski definition) is 5. The molecule has 2 N–H and O–H groups in total. The number of ether oxygens (including phenoxy) is 1. The summed E-state index contributed by atoms with van der Waals surface area (Å²) in [6.07, 6.45) is 1.05. The molecule has 0 saturated heterocycles. The van der Waals surface area contributed by atoms with Crippen molar-refractivity contribution in [2.75, 3.05) is 20.2 Å². The minimum atomic E-state index is -3.65. The lowest BCUT2D eigenvalue weighted by molar-refractivity contribution is 0.0706. The fraction of sp³-hybridized carbons (Fsp3) is 0.208. The molecule has 0 radical (unpaired) electrons. The number of sulfonamides is 1. The first-order chi connectivity index (χ1) is 15.4. The number of methoxy groups -OCH3 is 1. The van der Waals surface area contributed by atoms with E-state index in [9.17, 15) is 13.2 Å². The van der Waals surface area contributed by atoms with Crippen LogP contribution in [0.5, 0.6) is 5.75 Å². The topological polar surface area (TPSA) is 95.9 Å². The Bertz CT molecular complexity index is 1220. The van der Waals surface area contributed by atoms with Gasteiger partial charge in [0.2, 0.25) is 10.0 Å². The van der Waals surface area contributed by atoms with Gasteiger partial charge in [0.15, 0.2) is 0 Å². The van der Waals surface area contributed by atoms with Crippen molar-refractivity contribution in [3.63, 3.8) is 0 Å². The fourth-order valence-corrected chi connectivity index (χ4v) is 5.34. The van der Waals surface area contributed by atoms with Crippen LogP contribution in [0.1, 0.15) is 21.5 Å². The molecule has 4 rings (SSSR count). The van der Waals surface area contributed by atoms with Crippen molar-refractivity contribution < 1.29 is 23.2 Å². The van der Waals surface area contributed by atoms with Crippen molar-refractivity contribution in [3.05, 3.63) is 83.4 Å². The largest absolute Gasteiger partial charge is 0.497 e. The fourth-order valence-electron chi connectivity index (χ4n) is 3.90. The van der Waals surface area contributed by atoms with Crippen LogP contribution < -0.4 is 10.2 Å². The number of rotatable bonds is 5. The summed E-state index contributed by atoms with van der Waals surface area (Å²) in [4.78, 5) is 11.9. The van der Waals surface area contributed by atoms with Crippen molar-refractivity contribution in [1.82, 2.24) is 9.79 Å². The van der Waals surface area contributed by atoms with Crippen LogP contribution in [-0.4, -0.2) is 44.0 Å². The van der Waals surface area contributed by atoms with Gasteiger partial charge in [0.25, 0.3) is 5.91 Å². The number of fused-ring (bicyclic) bond motifs is 1. The zero-order valence-electron chi connectivity index (χ0n) is 17.6. The van der Waals surface area contributed by atoms with Crippen LogP contribution >= 0.6 is 0 Å². The Morgan fingerprint density at radius 1 is 0.906 bits per heavy atom. The number of carbonyl (C=O) groups excluding carboxylic acids is 1. The van der Waals surface area contributed by atoms with Crippen LogP contribution in [0.15, 0.2) is 71.6 Å². The zero-order chi connectivity index (χ0) is 22.7. The molecule has 0 saturated carbocycles. The summed E-state index contributed by atoms with van der Waals surface area (Å²) in [6.45, 7) is 0.681. The number of carbonyl (C=O) groups is 1. The normalized spacial score (nSPS) is 14.3. The predicted molar refractivity (Wildman–Crippen MR) is 120 cm³/mol. The van der Waals surface area contributed by atoms with E-state index in [1.807, 2.05) is 30.3 Å². The Labute approximate surface area is 187 Å². The molecule has 1 aliphatic rings. The van der Waals surface area contributed by atoms with Gasteiger partial charge in [0.1, 0.15) is 5.75 Å². The van der Waals surface area contributed by atoms with Gasteiger partial charge in [-0.25, -0.2) is 13.9 Å². The van der Waals surface area contributed by atoms with Crippen LogP contribution in [0.2, 0.25) is 0 Å². The van der Waals surface area contributed by atoms with Gasteiger partial charge in [-0.3, -0.25) is 10.0 Å². The highest BCUT2D eigenvalue weighted by Crippen LogP contribution is 2.26. The quantitative estimate of drug-likeness (QED) is 0.458. The zero-order valence-corrected chi connectivity index (χ0v) is 18.4. The van der Waals surface area contributed by atoms with Gasteiger partial charge in [-0.15, -0.1) is 0 Å². The van der Waals surface area contributed by atoms with Crippen LogP contribution in [0.25, 0.3) is 11.1 Å². The second kappa shape index (κ2) is 9.12. The second-order valence-electron chi connectivity index (χ2n) is 7.58. The summed E-state index contributed by atoms with van der Waals surface area (Å²) in [5.74, 6) is 0.178. The number of nitrogens with one attached hydrogen (secondary N) is 1. The number of benzene rings is 3. The molecule has 32 heavy (non-hydrogen) atoms. The maximum absolute atomic E-state index is 13.3. The first kappa shape index (κ1) is 22.0. The van der Waals surface area contributed by atoms with E-state index in [4.69, 9.17) is 9.94 Å². The molecule has 7 nitrogen and oxygen atoms in total. The van der Waals surface area contributed by atoms with E-state index in [0.717, 1.165) is 28.0 Å². The Kier molecular flexibility index (Phi) is 6.27. The summed E-state index contributed by atoms with van der Waals surface area (Å²) < 4.78 is 33.2. The van der Waals surface area contributed by atoms with Crippen molar-refractivity contribution in [1.29, 1.82) is 0 Å². The average molecular weight is 453 g/mol. The molecule has 0 unspecified atom stereocenters. The molecule has 3 aromatic rings.